The second-order valence-corrected chi connectivity index (χ2v) is 4.71. The second kappa shape index (κ2) is 6.77. The molecule has 1 aromatic carbocycles. The molecular weight excluding hydrogens is 210 g/mol. The molecule has 0 aliphatic carbocycles. The molecule has 1 aromatic rings. The molecule has 94 valence electrons. The van der Waals surface area contributed by atoms with Gasteiger partial charge in [0, 0.05) is 19.3 Å². The first kappa shape index (κ1) is 12.6. The molecule has 2 rings (SSSR count). The Morgan fingerprint density at radius 3 is 3.06 bits per heavy atom. The number of hydrogen-bond donors (Lipinski definition) is 1. The second-order valence-electron chi connectivity index (χ2n) is 4.71. The van der Waals surface area contributed by atoms with E-state index in [1.165, 1.54) is 24.0 Å². The number of fused-ring (bicyclic) bond motifs is 1. The van der Waals surface area contributed by atoms with E-state index in [1.54, 1.807) is 0 Å². The highest BCUT2D eigenvalue weighted by atomic mass is 16.5. The lowest BCUT2D eigenvalue weighted by Crippen LogP contribution is -2.30. The number of hydrogen-bond acceptors (Lipinski definition) is 2. The molecule has 0 saturated carbocycles. The highest BCUT2D eigenvalue weighted by molar-refractivity contribution is 5.32. The molecule has 0 fully saturated rings. The molecule has 0 radical (unpaired) electrons. The molecular formula is C15H23NO. The number of nitrogens with one attached hydrogen (secondary N) is 1. The summed E-state index contributed by atoms with van der Waals surface area (Å²) < 4.78 is 5.65. The molecule has 17 heavy (non-hydrogen) atoms. The summed E-state index contributed by atoms with van der Waals surface area (Å²) in [6.45, 7) is 5.07. The highest BCUT2D eigenvalue weighted by Crippen LogP contribution is 2.24. The fourth-order valence-corrected chi connectivity index (χ4v) is 2.40. The van der Waals surface area contributed by atoms with Crippen molar-refractivity contribution in [3.8, 4) is 0 Å². The van der Waals surface area contributed by atoms with E-state index in [2.05, 4.69) is 36.5 Å². The largest absolute Gasteiger partial charge is 0.381 e. The third-order valence-corrected chi connectivity index (χ3v) is 3.41. The van der Waals surface area contributed by atoms with E-state index < -0.39 is 0 Å². The summed E-state index contributed by atoms with van der Waals surface area (Å²) in [5.74, 6) is 0. The lowest BCUT2D eigenvalue weighted by Gasteiger charge is -2.26. The Morgan fingerprint density at radius 1 is 1.29 bits per heavy atom. The van der Waals surface area contributed by atoms with Crippen LogP contribution in [0.2, 0.25) is 0 Å². The Morgan fingerprint density at radius 2 is 2.18 bits per heavy atom. The predicted molar refractivity (Wildman–Crippen MR) is 71.2 cm³/mol. The van der Waals surface area contributed by atoms with E-state index in [9.17, 15) is 0 Å². The third kappa shape index (κ3) is 3.55. The normalized spacial score (nSPS) is 19.0. The maximum atomic E-state index is 5.65. The molecule has 0 bridgehead atoms. The lowest BCUT2D eigenvalue weighted by molar-refractivity contribution is 0.120. The number of unbranched alkanes of at least 4 members (excludes halogenated alkanes) is 1. The number of benzene rings is 1. The molecule has 2 heteroatoms. The van der Waals surface area contributed by atoms with Crippen molar-refractivity contribution in [3.63, 3.8) is 0 Å². The minimum absolute atomic E-state index is 0.488. The molecule has 0 saturated heterocycles. The van der Waals surface area contributed by atoms with Crippen LogP contribution in [0.4, 0.5) is 0 Å². The molecule has 0 aromatic heterocycles. The van der Waals surface area contributed by atoms with Crippen LogP contribution in [-0.4, -0.2) is 19.8 Å². The maximum Gasteiger partial charge on any atom is 0.0484 e. The molecule has 0 amide bonds. The van der Waals surface area contributed by atoms with Gasteiger partial charge in [0.1, 0.15) is 0 Å². The van der Waals surface area contributed by atoms with Gasteiger partial charge in [0.2, 0.25) is 0 Å². The van der Waals surface area contributed by atoms with Crippen LogP contribution in [0, 0.1) is 0 Å². The average molecular weight is 233 g/mol. The van der Waals surface area contributed by atoms with E-state index in [1.807, 2.05) is 0 Å². The number of ether oxygens (including phenoxy) is 1. The van der Waals surface area contributed by atoms with Gasteiger partial charge in [-0.05, 0) is 36.9 Å². The summed E-state index contributed by atoms with van der Waals surface area (Å²) in [4.78, 5) is 0. The molecule has 1 aliphatic rings. The van der Waals surface area contributed by atoms with Crippen molar-refractivity contribution in [2.24, 2.45) is 0 Å². The van der Waals surface area contributed by atoms with Crippen molar-refractivity contribution in [3.05, 3.63) is 35.4 Å². The van der Waals surface area contributed by atoms with Crippen LogP contribution in [0.15, 0.2) is 24.3 Å². The quantitative estimate of drug-likeness (QED) is 0.762. The SMILES string of the molecule is CCCCOCCC1NCCc2ccccc21. The Hall–Kier alpha value is -0.860. The summed E-state index contributed by atoms with van der Waals surface area (Å²) in [6.07, 6.45) is 4.63. The van der Waals surface area contributed by atoms with E-state index >= 15 is 0 Å². The molecule has 1 heterocycles. The van der Waals surface area contributed by atoms with Gasteiger partial charge in [0.25, 0.3) is 0 Å². The summed E-state index contributed by atoms with van der Waals surface area (Å²) in [7, 11) is 0. The van der Waals surface area contributed by atoms with Crippen molar-refractivity contribution < 1.29 is 4.74 Å². The zero-order valence-electron chi connectivity index (χ0n) is 10.7. The lowest BCUT2D eigenvalue weighted by atomic mass is 9.93. The van der Waals surface area contributed by atoms with E-state index in [-0.39, 0.29) is 0 Å². The van der Waals surface area contributed by atoms with Gasteiger partial charge < -0.3 is 10.1 Å². The summed E-state index contributed by atoms with van der Waals surface area (Å²) in [6, 6.07) is 9.26. The molecule has 2 nitrogen and oxygen atoms in total. The Balaban J connectivity index is 1.82. The van der Waals surface area contributed by atoms with Gasteiger partial charge in [-0.3, -0.25) is 0 Å². The molecule has 1 unspecified atom stereocenters. The molecule has 1 atom stereocenters. The Labute approximate surface area is 104 Å². The van der Waals surface area contributed by atoms with E-state index in [0.717, 1.165) is 32.6 Å². The van der Waals surface area contributed by atoms with Crippen molar-refractivity contribution >= 4 is 0 Å². The fraction of sp³-hybridized carbons (Fsp3) is 0.600. The average Bonchev–Trinajstić information content (AvgIpc) is 2.39. The van der Waals surface area contributed by atoms with Crippen LogP contribution < -0.4 is 5.32 Å². The van der Waals surface area contributed by atoms with Crippen LogP contribution >= 0.6 is 0 Å². The van der Waals surface area contributed by atoms with Crippen molar-refractivity contribution in [2.45, 2.75) is 38.6 Å². The Kier molecular flexibility index (Phi) is 5.02. The van der Waals surface area contributed by atoms with Gasteiger partial charge in [-0.25, -0.2) is 0 Å². The zero-order chi connectivity index (χ0) is 11.9. The third-order valence-electron chi connectivity index (χ3n) is 3.41. The molecule has 0 spiro atoms. The molecule has 1 aliphatic heterocycles. The zero-order valence-corrected chi connectivity index (χ0v) is 10.7. The summed E-state index contributed by atoms with van der Waals surface area (Å²) >= 11 is 0. The van der Waals surface area contributed by atoms with Gasteiger partial charge in [-0.2, -0.15) is 0 Å². The smallest absolute Gasteiger partial charge is 0.0484 e. The predicted octanol–water partition coefficient (Wildman–Crippen LogP) is 3.08. The molecule has 1 N–H and O–H groups in total. The first-order valence-corrected chi connectivity index (χ1v) is 6.80. The topological polar surface area (TPSA) is 21.3 Å². The fourth-order valence-electron chi connectivity index (χ4n) is 2.40. The minimum atomic E-state index is 0.488. The maximum absolute atomic E-state index is 5.65. The van der Waals surface area contributed by atoms with Crippen molar-refractivity contribution in [2.75, 3.05) is 19.8 Å². The first-order chi connectivity index (χ1) is 8.42. The van der Waals surface area contributed by atoms with E-state index in [4.69, 9.17) is 4.74 Å². The summed E-state index contributed by atoms with van der Waals surface area (Å²) in [5.41, 5.74) is 2.97. The highest BCUT2D eigenvalue weighted by Gasteiger charge is 2.18. The standard InChI is InChI=1S/C15H23NO/c1-2-3-11-17-12-9-15-14-7-5-4-6-13(14)8-10-16-15/h4-7,15-16H,2-3,8-12H2,1H3. The number of rotatable bonds is 6. The van der Waals surface area contributed by atoms with Crippen LogP contribution in [0.5, 0.6) is 0 Å². The Bertz CT molecular complexity index is 337. The van der Waals surface area contributed by atoms with Gasteiger partial charge in [0.15, 0.2) is 0 Å². The van der Waals surface area contributed by atoms with Crippen LogP contribution in [0.25, 0.3) is 0 Å². The van der Waals surface area contributed by atoms with Crippen molar-refractivity contribution in [1.82, 2.24) is 5.32 Å². The van der Waals surface area contributed by atoms with Crippen molar-refractivity contribution in [1.29, 1.82) is 0 Å². The van der Waals surface area contributed by atoms with Crippen LogP contribution in [0.1, 0.15) is 43.4 Å². The summed E-state index contributed by atoms with van der Waals surface area (Å²) in [5, 5.41) is 3.59. The van der Waals surface area contributed by atoms with Gasteiger partial charge in [-0.1, -0.05) is 37.6 Å². The van der Waals surface area contributed by atoms with Gasteiger partial charge >= 0.3 is 0 Å². The monoisotopic (exact) mass is 233 g/mol. The minimum Gasteiger partial charge on any atom is -0.381 e. The van der Waals surface area contributed by atoms with Crippen LogP contribution in [-0.2, 0) is 11.2 Å². The van der Waals surface area contributed by atoms with Gasteiger partial charge in [0.05, 0.1) is 0 Å². The van der Waals surface area contributed by atoms with E-state index in [0.29, 0.717) is 6.04 Å². The van der Waals surface area contributed by atoms with Crippen LogP contribution in [0.3, 0.4) is 0 Å². The van der Waals surface area contributed by atoms with Gasteiger partial charge in [-0.15, -0.1) is 0 Å². The first-order valence-electron chi connectivity index (χ1n) is 6.80.